The predicted molar refractivity (Wildman–Crippen MR) is 99.6 cm³/mol. The summed E-state index contributed by atoms with van der Waals surface area (Å²) in [7, 11) is 0. The Morgan fingerprint density at radius 3 is 1.41 bits per heavy atom. The molecular formula is C20H42N2. The molecule has 22 heavy (non-hydrogen) atoms. The molecule has 0 heterocycles. The quantitative estimate of drug-likeness (QED) is 0.585. The number of hydrogen-bond acceptors (Lipinski definition) is 2. The molecule has 2 saturated carbocycles. The number of hydrogen-bond donors (Lipinski definition) is 2. The van der Waals surface area contributed by atoms with Gasteiger partial charge in [0.2, 0.25) is 0 Å². The minimum absolute atomic E-state index is 0.872. The Morgan fingerprint density at radius 1 is 0.636 bits per heavy atom. The van der Waals surface area contributed by atoms with Crippen LogP contribution in [0.4, 0.5) is 0 Å². The Morgan fingerprint density at radius 2 is 1.05 bits per heavy atom. The van der Waals surface area contributed by atoms with Crippen LogP contribution in [0, 0.1) is 0 Å². The maximum Gasteiger partial charge on any atom is 0.00696 e. The molecule has 0 aromatic carbocycles. The molecule has 2 N–H and O–H groups in total. The average molecular weight is 311 g/mol. The lowest BCUT2D eigenvalue weighted by Crippen LogP contribution is -2.40. The van der Waals surface area contributed by atoms with Gasteiger partial charge in [0, 0.05) is 12.1 Å². The minimum atomic E-state index is 0.872. The third-order valence-electron chi connectivity index (χ3n) is 5.10. The van der Waals surface area contributed by atoms with Crippen molar-refractivity contribution in [2.75, 3.05) is 13.1 Å². The summed E-state index contributed by atoms with van der Waals surface area (Å²) in [6.45, 7) is 6.86. The average Bonchev–Trinajstić information content (AvgIpc) is 2.57. The van der Waals surface area contributed by atoms with Crippen molar-refractivity contribution in [3.05, 3.63) is 0 Å². The van der Waals surface area contributed by atoms with Gasteiger partial charge in [-0.1, -0.05) is 65.2 Å². The van der Waals surface area contributed by atoms with Gasteiger partial charge in [-0.2, -0.15) is 0 Å². The van der Waals surface area contributed by atoms with Crippen molar-refractivity contribution in [3.8, 4) is 0 Å². The molecule has 2 nitrogen and oxygen atoms in total. The van der Waals surface area contributed by atoms with Gasteiger partial charge in [-0.05, 0) is 51.6 Å². The molecule has 2 rings (SSSR count). The van der Waals surface area contributed by atoms with E-state index in [-0.39, 0.29) is 0 Å². The summed E-state index contributed by atoms with van der Waals surface area (Å²) in [4.78, 5) is 0. The monoisotopic (exact) mass is 310 g/mol. The van der Waals surface area contributed by atoms with Crippen molar-refractivity contribution in [1.82, 2.24) is 10.6 Å². The van der Waals surface area contributed by atoms with E-state index in [1.165, 1.54) is 103 Å². The Labute approximate surface area is 140 Å². The molecule has 132 valence electrons. The highest BCUT2D eigenvalue weighted by molar-refractivity contribution is 4.79. The third kappa shape index (κ3) is 10.6. The van der Waals surface area contributed by atoms with Crippen molar-refractivity contribution in [3.63, 3.8) is 0 Å². The van der Waals surface area contributed by atoms with Crippen molar-refractivity contribution >= 4 is 0 Å². The standard InChI is InChI=1S/C12H23N.C8H19N/c1-3-7-11(8-4-1)13-12-9-5-2-6-10-12;1-3-5-7-9-8-6-4-2/h11-13H,1-10H2;9H,3-8H2,1-2H3. The fraction of sp³-hybridized carbons (Fsp3) is 1.00. The van der Waals surface area contributed by atoms with Gasteiger partial charge >= 0.3 is 0 Å². The van der Waals surface area contributed by atoms with Crippen LogP contribution >= 0.6 is 0 Å². The topological polar surface area (TPSA) is 24.1 Å². The van der Waals surface area contributed by atoms with Crippen LogP contribution in [0.15, 0.2) is 0 Å². The largest absolute Gasteiger partial charge is 0.317 e. The third-order valence-corrected chi connectivity index (χ3v) is 5.10. The van der Waals surface area contributed by atoms with Crippen LogP contribution in [0.3, 0.4) is 0 Å². The van der Waals surface area contributed by atoms with E-state index in [0.717, 1.165) is 12.1 Å². The van der Waals surface area contributed by atoms with E-state index in [1.54, 1.807) is 0 Å². The van der Waals surface area contributed by atoms with E-state index in [0.29, 0.717) is 0 Å². The molecule has 0 radical (unpaired) electrons. The number of rotatable bonds is 8. The van der Waals surface area contributed by atoms with Gasteiger partial charge in [-0.25, -0.2) is 0 Å². The molecule has 2 fully saturated rings. The molecule has 0 atom stereocenters. The Bertz CT molecular complexity index is 196. The van der Waals surface area contributed by atoms with E-state index < -0.39 is 0 Å². The van der Waals surface area contributed by atoms with Crippen LogP contribution in [-0.2, 0) is 0 Å². The van der Waals surface area contributed by atoms with Crippen LogP contribution in [-0.4, -0.2) is 25.2 Å². The second kappa shape index (κ2) is 14.5. The SMILES string of the molecule is C1CCC(NC2CCCCC2)CC1.CCCCNCCCC. The van der Waals surface area contributed by atoms with E-state index in [9.17, 15) is 0 Å². The van der Waals surface area contributed by atoms with Crippen molar-refractivity contribution in [1.29, 1.82) is 0 Å². The zero-order valence-electron chi connectivity index (χ0n) is 15.5. The first-order valence-electron chi connectivity index (χ1n) is 10.3. The lowest BCUT2D eigenvalue weighted by atomic mass is 9.91. The zero-order chi connectivity index (χ0) is 15.9. The molecule has 0 unspecified atom stereocenters. The maximum atomic E-state index is 3.86. The summed E-state index contributed by atoms with van der Waals surface area (Å²) in [5, 5.41) is 7.24. The van der Waals surface area contributed by atoms with Crippen LogP contribution in [0.2, 0.25) is 0 Å². The zero-order valence-corrected chi connectivity index (χ0v) is 15.5. The molecule has 0 bridgehead atoms. The van der Waals surface area contributed by atoms with Crippen molar-refractivity contribution < 1.29 is 0 Å². The van der Waals surface area contributed by atoms with Crippen LogP contribution in [0.25, 0.3) is 0 Å². The minimum Gasteiger partial charge on any atom is -0.317 e. The van der Waals surface area contributed by atoms with Gasteiger partial charge < -0.3 is 10.6 Å². The molecule has 0 saturated heterocycles. The van der Waals surface area contributed by atoms with E-state index in [4.69, 9.17) is 0 Å². The molecule has 0 aliphatic heterocycles. The summed E-state index contributed by atoms with van der Waals surface area (Å²) in [5.74, 6) is 0. The van der Waals surface area contributed by atoms with Crippen molar-refractivity contribution in [2.45, 2.75) is 116 Å². The van der Waals surface area contributed by atoms with Gasteiger partial charge in [0.25, 0.3) is 0 Å². The summed E-state index contributed by atoms with van der Waals surface area (Å²) in [6, 6.07) is 1.74. The molecule has 2 aliphatic carbocycles. The van der Waals surface area contributed by atoms with Gasteiger partial charge in [-0.15, -0.1) is 0 Å². The molecule has 0 amide bonds. The maximum absolute atomic E-state index is 3.86. The second-order valence-electron chi connectivity index (χ2n) is 7.29. The lowest BCUT2D eigenvalue weighted by Gasteiger charge is -2.30. The smallest absolute Gasteiger partial charge is 0.00696 e. The van der Waals surface area contributed by atoms with Gasteiger partial charge in [-0.3, -0.25) is 0 Å². The molecule has 2 aliphatic rings. The highest BCUT2D eigenvalue weighted by Gasteiger charge is 2.19. The van der Waals surface area contributed by atoms with E-state index in [1.807, 2.05) is 0 Å². The fourth-order valence-corrected chi connectivity index (χ4v) is 3.60. The van der Waals surface area contributed by atoms with Crippen LogP contribution in [0.1, 0.15) is 104 Å². The van der Waals surface area contributed by atoms with Gasteiger partial charge in [0.15, 0.2) is 0 Å². The molecule has 0 aromatic heterocycles. The van der Waals surface area contributed by atoms with Crippen LogP contribution in [0.5, 0.6) is 0 Å². The Kier molecular flexibility index (Phi) is 13.2. The van der Waals surface area contributed by atoms with Crippen LogP contribution < -0.4 is 10.6 Å². The first-order chi connectivity index (χ1) is 10.9. The van der Waals surface area contributed by atoms with E-state index >= 15 is 0 Å². The Balaban J connectivity index is 0.000000239. The predicted octanol–water partition coefficient (Wildman–Crippen LogP) is 5.42. The van der Waals surface area contributed by atoms with Gasteiger partial charge in [0.1, 0.15) is 0 Å². The summed E-state index contributed by atoms with van der Waals surface area (Å²) in [6.07, 6.45) is 19.8. The Hall–Kier alpha value is -0.0800. The highest BCUT2D eigenvalue weighted by Crippen LogP contribution is 2.22. The lowest BCUT2D eigenvalue weighted by molar-refractivity contribution is 0.291. The molecule has 0 spiro atoms. The number of nitrogens with one attached hydrogen (secondary N) is 2. The van der Waals surface area contributed by atoms with E-state index in [2.05, 4.69) is 24.5 Å². The van der Waals surface area contributed by atoms with Gasteiger partial charge in [0.05, 0.1) is 0 Å². The molecule has 2 heteroatoms. The first-order valence-corrected chi connectivity index (χ1v) is 10.3. The summed E-state index contributed by atoms with van der Waals surface area (Å²) < 4.78 is 0. The molecular weight excluding hydrogens is 268 g/mol. The molecule has 0 aromatic rings. The normalized spacial score (nSPS) is 20.5. The highest BCUT2D eigenvalue weighted by atomic mass is 14.9. The summed E-state index contributed by atoms with van der Waals surface area (Å²) >= 11 is 0. The number of unbranched alkanes of at least 4 members (excludes halogenated alkanes) is 2. The van der Waals surface area contributed by atoms with Crippen molar-refractivity contribution in [2.24, 2.45) is 0 Å². The first kappa shape index (κ1) is 20.0. The summed E-state index contributed by atoms with van der Waals surface area (Å²) in [5.41, 5.74) is 0. The second-order valence-corrected chi connectivity index (χ2v) is 7.29. The fourth-order valence-electron chi connectivity index (χ4n) is 3.60.